The standard InChI is InChI=1S/C20H23N5O2/c1-3-25-18-7-5-14(12(2)20(18)23-24-25)15(10-19(26)27)16-6-4-13-8-9-21-11-17(13)22-16/h4-7,15,21H,3,8-11H2,1-2H3,(H,26,27). The van der Waals surface area contributed by atoms with Crippen molar-refractivity contribution >= 4 is 17.0 Å². The maximum Gasteiger partial charge on any atom is 0.304 e. The van der Waals surface area contributed by atoms with Crippen molar-refractivity contribution < 1.29 is 9.90 Å². The quantitative estimate of drug-likeness (QED) is 0.721. The van der Waals surface area contributed by atoms with Crippen molar-refractivity contribution in [3.05, 3.63) is 52.3 Å². The van der Waals surface area contributed by atoms with Gasteiger partial charge in [0.05, 0.1) is 17.6 Å². The Morgan fingerprint density at radius 1 is 1.33 bits per heavy atom. The lowest BCUT2D eigenvalue weighted by Gasteiger charge is -2.21. The number of nitrogens with one attached hydrogen (secondary N) is 1. The van der Waals surface area contributed by atoms with Gasteiger partial charge in [-0.2, -0.15) is 0 Å². The van der Waals surface area contributed by atoms with E-state index in [0.29, 0.717) is 0 Å². The van der Waals surface area contributed by atoms with Crippen molar-refractivity contribution in [1.29, 1.82) is 0 Å². The number of nitrogens with zero attached hydrogens (tertiary/aromatic N) is 4. The van der Waals surface area contributed by atoms with Gasteiger partial charge < -0.3 is 10.4 Å². The number of aliphatic carboxylic acids is 1. The molecule has 0 radical (unpaired) electrons. The maximum absolute atomic E-state index is 11.6. The number of carboxylic acids is 1. The van der Waals surface area contributed by atoms with Gasteiger partial charge in [-0.05, 0) is 55.6 Å². The summed E-state index contributed by atoms with van der Waals surface area (Å²) in [5.74, 6) is -1.15. The Hall–Kier alpha value is -2.80. The number of carbonyl (C=O) groups is 1. The van der Waals surface area contributed by atoms with Crippen molar-refractivity contribution in [1.82, 2.24) is 25.3 Å². The molecule has 0 saturated heterocycles. The van der Waals surface area contributed by atoms with Gasteiger partial charge in [0.2, 0.25) is 0 Å². The zero-order valence-electron chi connectivity index (χ0n) is 15.6. The van der Waals surface area contributed by atoms with Crippen LogP contribution in [-0.4, -0.2) is 37.6 Å². The molecule has 0 spiro atoms. The minimum Gasteiger partial charge on any atom is -0.481 e. The van der Waals surface area contributed by atoms with Crippen LogP contribution in [0.15, 0.2) is 24.3 Å². The number of pyridine rings is 1. The van der Waals surface area contributed by atoms with Crippen molar-refractivity contribution in [2.24, 2.45) is 0 Å². The van der Waals surface area contributed by atoms with E-state index in [4.69, 9.17) is 4.98 Å². The van der Waals surface area contributed by atoms with Crippen molar-refractivity contribution in [2.75, 3.05) is 6.54 Å². The second-order valence-electron chi connectivity index (χ2n) is 6.97. The topological polar surface area (TPSA) is 92.9 Å². The molecule has 3 aromatic rings. The lowest BCUT2D eigenvalue weighted by atomic mass is 9.87. The van der Waals surface area contributed by atoms with E-state index < -0.39 is 5.97 Å². The molecule has 0 saturated carbocycles. The summed E-state index contributed by atoms with van der Waals surface area (Å²) in [4.78, 5) is 16.4. The molecule has 7 heteroatoms. The Morgan fingerprint density at radius 2 is 2.19 bits per heavy atom. The molecule has 2 N–H and O–H groups in total. The molecular weight excluding hydrogens is 342 g/mol. The average molecular weight is 365 g/mol. The van der Waals surface area contributed by atoms with E-state index >= 15 is 0 Å². The van der Waals surface area contributed by atoms with Crippen molar-refractivity contribution in [2.45, 2.75) is 45.7 Å². The first-order valence-electron chi connectivity index (χ1n) is 9.32. The molecule has 140 valence electrons. The van der Waals surface area contributed by atoms with Gasteiger partial charge in [-0.1, -0.05) is 17.3 Å². The Bertz CT molecular complexity index is 1010. The van der Waals surface area contributed by atoms with Crippen LogP contribution in [0.25, 0.3) is 11.0 Å². The zero-order chi connectivity index (χ0) is 19.0. The van der Waals surface area contributed by atoms with Crippen LogP contribution in [0.2, 0.25) is 0 Å². The molecule has 0 aliphatic carbocycles. The smallest absolute Gasteiger partial charge is 0.304 e. The second-order valence-corrected chi connectivity index (χ2v) is 6.97. The Balaban J connectivity index is 1.82. The first-order chi connectivity index (χ1) is 13.1. The highest BCUT2D eigenvalue weighted by Crippen LogP contribution is 2.33. The summed E-state index contributed by atoms with van der Waals surface area (Å²) in [7, 11) is 0. The van der Waals surface area contributed by atoms with E-state index in [9.17, 15) is 9.90 Å². The summed E-state index contributed by atoms with van der Waals surface area (Å²) in [5.41, 5.74) is 6.76. The fraction of sp³-hybridized carbons (Fsp3) is 0.400. The molecule has 1 aliphatic heterocycles. The largest absolute Gasteiger partial charge is 0.481 e. The van der Waals surface area contributed by atoms with Crippen LogP contribution in [0, 0.1) is 6.92 Å². The van der Waals surface area contributed by atoms with Gasteiger partial charge in [-0.3, -0.25) is 9.78 Å². The molecule has 1 unspecified atom stereocenters. The van der Waals surface area contributed by atoms with E-state index in [-0.39, 0.29) is 12.3 Å². The summed E-state index contributed by atoms with van der Waals surface area (Å²) < 4.78 is 1.85. The monoisotopic (exact) mass is 365 g/mol. The molecule has 0 fully saturated rings. The second kappa shape index (κ2) is 7.08. The van der Waals surface area contributed by atoms with Gasteiger partial charge in [0.25, 0.3) is 0 Å². The molecule has 1 aliphatic rings. The minimum atomic E-state index is -0.839. The molecular formula is C20H23N5O2. The summed E-state index contributed by atoms with van der Waals surface area (Å²) >= 11 is 0. The van der Waals surface area contributed by atoms with E-state index in [1.165, 1.54) is 5.56 Å². The first kappa shape index (κ1) is 17.6. The number of rotatable bonds is 5. The Kier molecular flexibility index (Phi) is 4.61. The highest BCUT2D eigenvalue weighted by atomic mass is 16.4. The van der Waals surface area contributed by atoms with E-state index in [2.05, 4.69) is 21.7 Å². The van der Waals surface area contributed by atoms with Gasteiger partial charge in [0, 0.05) is 24.7 Å². The van der Waals surface area contributed by atoms with E-state index in [1.807, 2.05) is 36.7 Å². The number of aryl methyl sites for hydroxylation is 2. The van der Waals surface area contributed by atoms with Crippen LogP contribution >= 0.6 is 0 Å². The number of fused-ring (bicyclic) bond motifs is 2. The number of benzene rings is 1. The fourth-order valence-electron chi connectivity index (χ4n) is 3.89. The lowest BCUT2D eigenvalue weighted by molar-refractivity contribution is -0.137. The van der Waals surface area contributed by atoms with Gasteiger partial charge in [0.15, 0.2) is 0 Å². The number of hydrogen-bond acceptors (Lipinski definition) is 5. The maximum atomic E-state index is 11.6. The average Bonchev–Trinajstić information content (AvgIpc) is 3.10. The van der Waals surface area contributed by atoms with Crippen LogP contribution in [0.1, 0.15) is 47.3 Å². The number of carboxylic acid groups (broad SMARTS) is 1. The molecule has 2 aromatic heterocycles. The molecule has 0 amide bonds. The van der Waals surface area contributed by atoms with Crippen LogP contribution in [0.4, 0.5) is 0 Å². The molecule has 4 rings (SSSR count). The normalized spacial score (nSPS) is 14.9. The third-order valence-corrected chi connectivity index (χ3v) is 5.35. The number of aromatic nitrogens is 4. The highest BCUT2D eigenvalue weighted by molar-refractivity contribution is 5.80. The SMILES string of the molecule is CCn1nnc2c(C)c(C(CC(=O)O)c3ccc4c(n3)CNCC4)ccc21. The fourth-order valence-corrected chi connectivity index (χ4v) is 3.89. The Labute approximate surface area is 157 Å². The van der Waals surface area contributed by atoms with Crippen LogP contribution < -0.4 is 5.32 Å². The third-order valence-electron chi connectivity index (χ3n) is 5.35. The van der Waals surface area contributed by atoms with Gasteiger partial charge in [0.1, 0.15) is 5.52 Å². The summed E-state index contributed by atoms with van der Waals surface area (Å²) in [6.07, 6.45) is 0.949. The van der Waals surface area contributed by atoms with Crippen molar-refractivity contribution in [3.63, 3.8) is 0 Å². The zero-order valence-corrected chi connectivity index (χ0v) is 15.6. The molecule has 7 nitrogen and oxygen atoms in total. The highest BCUT2D eigenvalue weighted by Gasteiger charge is 2.24. The van der Waals surface area contributed by atoms with Gasteiger partial charge >= 0.3 is 5.97 Å². The minimum absolute atomic E-state index is 0.00647. The summed E-state index contributed by atoms with van der Waals surface area (Å²) in [6.45, 7) is 6.44. The Morgan fingerprint density at radius 3 is 2.96 bits per heavy atom. The summed E-state index contributed by atoms with van der Waals surface area (Å²) in [5, 5.41) is 21.4. The van der Waals surface area contributed by atoms with E-state index in [1.54, 1.807) is 0 Å². The first-order valence-corrected chi connectivity index (χ1v) is 9.32. The predicted molar refractivity (Wildman–Crippen MR) is 102 cm³/mol. The lowest BCUT2D eigenvalue weighted by Crippen LogP contribution is -2.25. The van der Waals surface area contributed by atoms with Crippen LogP contribution in [0.5, 0.6) is 0 Å². The predicted octanol–water partition coefficient (Wildman–Crippen LogP) is 2.41. The van der Waals surface area contributed by atoms with E-state index in [0.717, 1.165) is 59.6 Å². The van der Waals surface area contributed by atoms with Gasteiger partial charge in [-0.15, -0.1) is 5.10 Å². The molecule has 3 heterocycles. The third kappa shape index (κ3) is 3.19. The van der Waals surface area contributed by atoms with Crippen LogP contribution in [-0.2, 0) is 24.3 Å². The molecule has 1 aromatic carbocycles. The van der Waals surface area contributed by atoms with Gasteiger partial charge in [-0.25, -0.2) is 4.68 Å². The molecule has 0 bridgehead atoms. The molecule has 27 heavy (non-hydrogen) atoms. The van der Waals surface area contributed by atoms with Crippen LogP contribution in [0.3, 0.4) is 0 Å². The number of hydrogen-bond donors (Lipinski definition) is 2. The van der Waals surface area contributed by atoms with Crippen molar-refractivity contribution in [3.8, 4) is 0 Å². The summed E-state index contributed by atoms with van der Waals surface area (Å²) in [6, 6.07) is 8.05. The molecule has 1 atom stereocenters.